The normalized spacial score (nSPS) is 14.2. The van der Waals surface area contributed by atoms with Gasteiger partial charge in [0.25, 0.3) is 0 Å². The van der Waals surface area contributed by atoms with Crippen molar-refractivity contribution in [2.45, 2.75) is 129 Å². The molecule has 134 valence electrons. The largest absolute Gasteiger partial charge is 0.390 e. The highest BCUT2D eigenvalue weighted by Gasteiger charge is 2.14. The monoisotopic (exact) mass is 314 g/mol. The summed E-state index contributed by atoms with van der Waals surface area (Å²) in [6.07, 6.45) is 18.3. The molecular weight excluding hydrogens is 272 g/mol. The van der Waals surface area contributed by atoms with E-state index >= 15 is 0 Å². The average molecular weight is 315 g/mol. The zero-order chi connectivity index (χ0) is 16.5. The molecule has 0 rings (SSSR count). The minimum atomic E-state index is -0.504. The van der Waals surface area contributed by atoms with Crippen LogP contribution in [-0.4, -0.2) is 22.4 Å². The Morgan fingerprint density at radius 1 is 0.455 bits per heavy atom. The Kier molecular flexibility index (Phi) is 17.2. The van der Waals surface area contributed by atoms with Crippen LogP contribution < -0.4 is 0 Å². The van der Waals surface area contributed by atoms with E-state index in [4.69, 9.17) is 0 Å². The first-order valence-electron chi connectivity index (χ1n) is 10.1. The molecule has 0 unspecified atom stereocenters. The van der Waals surface area contributed by atoms with Crippen LogP contribution in [0.3, 0.4) is 0 Å². The summed E-state index contributed by atoms with van der Waals surface area (Å²) in [6, 6.07) is 0. The molecule has 0 aromatic rings. The summed E-state index contributed by atoms with van der Waals surface area (Å²) in [5, 5.41) is 19.9. The van der Waals surface area contributed by atoms with Gasteiger partial charge in [-0.05, 0) is 12.8 Å². The number of unbranched alkanes of at least 4 members (excludes halogenated alkanes) is 12. The first kappa shape index (κ1) is 21.9. The molecule has 0 radical (unpaired) electrons. The fraction of sp³-hybridized carbons (Fsp3) is 1.00. The maximum absolute atomic E-state index is 9.97. The third-order valence-corrected chi connectivity index (χ3v) is 4.65. The predicted octanol–water partition coefficient (Wildman–Crippen LogP) is 5.99. The topological polar surface area (TPSA) is 40.5 Å². The van der Waals surface area contributed by atoms with Gasteiger partial charge >= 0.3 is 0 Å². The van der Waals surface area contributed by atoms with E-state index in [9.17, 15) is 10.2 Å². The van der Waals surface area contributed by atoms with Gasteiger partial charge in [-0.2, -0.15) is 0 Å². The second-order valence-corrected chi connectivity index (χ2v) is 6.95. The molecular formula is C20H42O2. The van der Waals surface area contributed by atoms with E-state index < -0.39 is 12.2 Å². The Morgan fingerprint density at radius 2 is 0.727 bits per heavy atom. The molecule has 2 atom stereocenters. The zero-order valence-corrected chi connectivity index (χ0v) is 15.4. The molecule has 0 amide bonds. The molecule has 0 saturated heterocycles. The van der Waals surface area contributed by atoms with Gasteiger partial charge in [-0.25, -0.2) is 0 Å². The summed E-state index contributed by atoms with van der Waals surface area (Å²) in [4.78, 5) is 0. The fourth-order valence-electron chi connectivity index (χ4n) is 3.01. The lowest BCUT2D eigenvalue weighted by atomic mass is 9.99. The highest BCUT2D eigenvalue weighted by Crippen LogP contribution is 2.15. The van der Waals surface area contributed by atoms with E-state index in [-0.39, 0.29) is 0 Å². The zero-order valence-electron chi connectivity index (χ0n) is 15.4. The Hall–Kier alpha value is -0.0800. The number of rotatable bonds is 17. The summed E-state index contributed by atoms with van der Waals surface area (Å²) < 4.78 is 0. The number of aliphatic hydroxyl groups excluding tert-OH is 2. The molecule has 0 aliphatic heterocycles. The number of aliphatic hydroxyl groups is 2. The van der Waals surface area contributed by atoms with Gasteiger partial charge in [0, 0.05) is 0 Å². The number of hydrogen-bond donors (Lipinski definition) is 2. The van der Waals surface area contributed by atoms with Crippen LogP contribution in [0.5, 0.6) is 0 Å². The van der Waals surface area contributed by atoms with Gasteiger partial charge in [0.05, 0.1) is 12.2 Å². The van der Waals surface area contributed by atoms with E-state index in [0.717, 1.165) is 25.7 Å². The van der Waals surface area contributed by atoms with Crippen LogP contribution >= 0.6 is 0 Å². The van der Waals surface area contributed by atoms with E-state index in [1.807, 2.05) is 0 Å². The standard InChI is InChI=1S/C20H42O2/c1-3-5-7-9-10-11-12-14-16-18-20(22)19(21)17-15-13-8-6-4-2/h19-22H,3-18H2,1-2H3/t19-,20-/m1/s1. The molecule has 0 aliphatic carbocycles. The van der Waals surface area contributed by atoms with Crippen LogP contribution in [0.4, 0.5) is 0 Å². The molecule has 2 heteroatoms. The SMILES string of the molecule is CCCCCCCCCCC[C@@H](O)[C@H](O)CCCCCCC. The summed E-state index contributed by atoms with van der Waals surface area (Å²) in [5.74, 6) is 0. The van der Waals surface area contributed by atoms with Gasteiger partial charge in [-0.1, -0.05) is 104 Å². The Morgan fingerprint density at radius 3 is 1.05 bits per heavy atom. The molecule has 2 nitrogen and oxygen atoms in total. The summed E-state index contributed by atoms with van der Waals surface area (Å²) >= 11 is 0. The summed E-state index contributed by atoms with van der Waals surface area (Å²) in [6.45, 7) is 4.47. The van der Waals surface area contributed by atoms with Crippen molar-refractivity contribution >= 4 is 0 Å². The minimum absolute atomic E-state index is 0.504. The first-order valence-corrected chi connectivity index (χ1v) is 10.1. The second kappa shape index (κ2) is 17.3. The van der Waals surface area contributed by atoms with Crippen LogP contribution in [0.25, 0.3) is 0 Å². The third-order valence-electron chi connectivity index (χ3n) is 4.65. The smallest absolute Gasteiger partial charge is 0.0799 e. The van der Waals surface area contributed by atoms with E-state index in [0.29, 0.717) is 0 Å². The lowest BCUT2D eigenvalue weighted by molar-refractivity contribution is 0.00712. The molecule has 0 bridgehead atoms. The Labute approximate surface area is 139 Å². The highest BCUT2D eigenvalue weighted by molar-refractivity contribution is 4.67. The molecule has 0 aliphatic rings. The molecule has 0 aromatic carbocycles. The molecule has 22 heavy (non-hydrogen) atoms. The minimum Gasteiger partial charge on any atom is -0.390 e. The maximum atomic E-state index is 9.97. The molecule has 2 N–H and O–H groups in total. The molecule has 0 fully saturated rings. The van der Waals surface area contributed by atoms with E-state index in [1.165, 1.54) is 77.0 Å². The Bertz CT molecular complexity index is 206. The molecule has 0 spiro atoms. The van der Waals surface area contributed by atoms with Gasteiger partial charge in [-0.3, -0.25) is 0 Å². The lowest BCUT2D eigenvalue weighted by Gasteiger charge is -2.17. The third kappa shape index (κ3) is 14.8. The van der Waals surface area contributed by atoms with Crippen molar-refractivity contribution in [1.82, 2.24) is 0 Å². The second-order valence-electron chi connectivity index (χ2n) is 6.95. The predicted molar refractivity (Wildman–Crippen MR) is 97.2 cm³/mol. The molecule has 0 saturated carbocycles. The Balaban J connectivity index is 3.31. The lowest BCUT2D eigenvalue weighted by Crippen LogP contribution is -2.25. The van der Waals surface area contributed by atoms with Crippen molar-refractivity contribution in [2.24, 2.45) is 0 Å². The van der Waals surface area contributed by atoms with Crippen LogP contribution in [0.1, 0.15) is 117 Å². The maximum Gasteiger partial charge on any atom is 0.0799 e. The molecule has 0 heterocycles. The summed E-state index contributed by atoms with van der Waals surface area (Å²) in [7, 11) is 0. The van der Waals surface area contributed by atoms with Gasteiger partial charge < -0.3 is 10.2 Å². The van der Waals surface area contributed by atoms with E-state index in [2.05, 4.69) is 13.8 Å². The van der Waals surface area contributed by atoms with Crippen molar-refractivity contribution in [3.8, 4) is 0 Å². The van der Waals surface area contributed by atoms with Gasteiger partial charge in [0.1, 0.15) is 0 Å². The van der Waals surface area contributed by atoms with E-state index in [1.54, 1.807) is 0 Å². The average Bonchev–Trinajstić information content (AvgIpc) is 2.52. The van der Waals surface area contributed by atoms with Crippen LogP contribution in [0, 0.1) is 0 Å². The fourth-order valence-corrected chi connectivity index (χ4v) is 3.01. The van der Waals surface area contributed by atoms with Crippen LogP contribution in [0.15, 0.2) is 0 Å². The quantitative estimate of drug-likeness (QED) is 0.324. The van der Waals surface area contributed by atoms with Gasteiger partial charge in [0.15, 0.2) is 0 Å². The highest BCUT2D eigenvalue weighted by atomic mass is 16.3. The summed E-state index contributed by atoms with van der Waals surface area (Å²) in [5.41, 5.74) is 0. The van der Waals surface area contributed by atoms with Crippen molar-refractivity contribution in [3.05, 3.63) is 0 Å². The van der Waals surface area contributed by atoms with Crippen molar-refractivity contribution in [1.29, 1.82) is 0 Å². The number of hydrogen-bond acceptors (Lipinski definition) is 2. The van der Waals surface area contributed by atoms with Crippen LogP contribution in [0.2, 0.25) is 0 Å². The van der Waals surface area contributed by atoms with Gasteiger partial charge in [0.2, 0.25) is 0 Å². The van der Waals surface area contributed by atoms with Crippen LogP contribution in [-0.2, 0) is 0 Å². The van der Waals surface area contributed by atoms with Crippen molar-refractivity contribution in [2.75, 3.05) is 0 Å². The van der Waals surface area contributed by atoms with Crippen molar-refractivity contribution in [3.63, 3.8) is 0 Å². The van der Waals surface area contributed by atoms with Gasteiger partial charge in [-0.15, -0.1) is 0 Å². The molecule has 0 aromatic heterocycles. The van der Waals surface area contributed by atoms with Crippen molar-refractivity contribution < 1.29 is 10.2 Å². The first-order chi connectivity index (χ1) is 10.7.